The lowest BCUT2D eigenvalue weighted by atomic mass is 10.1. The van der Waals surface area contributed by atoms with Crippen molar-refractivity contribution in [3.05, 3.63) is 33.3 Å². The van der Waals surface area contributed by atoms with Gasteiger partial charge in [0.2, 0.25) is 0 Å². The van der Waals surface area contributed by atoms with Crippen LogP contribution < -0.4 is 0 Å². The summed E-state index contributed by atoms with van der Waals surface area (Å²) in [5.41, 5.74) is 0.649. The fraction of sp³-hybridized carbons (Fsp3) is 0.500. The van der Waals surface area contributed by atoms with Crippen LogP contribution in [-0.2, 0) is 0 Å². The van der Waals surface area contributed by atoms with E-state index < -0.39 is 0 Å². The third-order valence-electron chi connectivity index (χ3n) is 3.42. The number of likely N-dealkylation sites (N-methyl/N-ethyl adjacent to an activating group) is 1. The standard InChI is InChI=1S/C14H18BrClN2O/c1-10-9-17(2)4-3-5-18(10)14(19)11-6-12(15)8-13(16)7-11/h6-8,10H,3-5,9H2,1-2H3. The van der Waals surface area contributed by atoms with Crippen LogP contribution in [0.15, 0.2) is 22.7 Å². The summed E-state index contributed by atoms with van der Waals surface area (Å²) in [6.07, 6.45) is 1.01. The third kappa shape index (κ3) is 3.71. The Bertz CT molecular complexity index is 460. The number of nitrogens with zero attached hydrogens (tertiary/aromatic N) is 2. The second kappa shape index (κ2) is 6.25. The zero-order chi connectivity index (χ0) is 14.0. The molecule has 0 aliphatic carbocycles. The van der Waals surface area contributed by atoms with Gasteiger partial charge in [0.1, 0.15) is 0 Å². The first kappa shape index (κ1) is 14.8. The highest BCUT2D eigenvalue weighted by Crippen LogP contribution is 2.22. The van der Waals surface area contributed by atoms with Crippen molar-refractivity contribution in [3.8, 4) is 0 Å². The van der Waals surface area contributed by atoms with Gasteiger partial charge < -0.3 is 9.80 Å². The Balaban J connectivity index is 2.22. The maximum absolute atomic E-state index is 12.6. The number of benzene rings is 1. The minimum atomic E-state index is 0.0611. The summed E-state index contributed by atoms with van der Waals surface area (Å²) in [7, 11) is 2.10. The van der Waals surface area contributed by atoms with Gasteiger partial charge in [0, 0.05) is 34.2 Å². The van der Waals surface area contributed by atoms with Gasteiger partial charge in [-0.1, -0.05) is 27.5 Å². The first-order chi connectivity index (χ1) is 8.97. The van der Waals surface area contributed by atoms with Gasteiger partial charge in [-0.05, 0) is 45.1 Å². The molecule has 19 heavy (non-hydrogen) atoms. The molecule has 1 heterocycles. The van der Waals surface area contributed by atoms with Crippen molar-refractivity contribution in [2.75, 3.05) is 26.7 Å². The van der Waals surface area contributed by atoms with Crippen molar-refractivity contribution >= 4 is 33.4 Å². The monoisotopic (exact) mass is 344 g/mol. The number of hydrogen-bond donors (Lipinski definition) is 0. The third-order valence-corrected chi connectivity index (χ3v) is 4.09. The first-order valence-electron chi connectivity index (χ1n) is 6.43. The summed E-state index contributed by atoms with van der Waals surface area (Å²) in [5, 5.41) is 0.581. The lowest BCUT2D eigenvalue weighted by Gasteiger charge is -2.28. The number of rotatable bonds is 1. The fourth-order valence-electron chi connectivity index (χ4n) is 2.52. The number of hydrogen-bond acceptors (Lipinski definition) is 2. The van der Waals surface area contributed by atoms with E-state index in [1.54, 1.807) is 12.1 Å². The lowest BCUT2D eigenvalue weighted by Crippen LogP contribution is -2.42. The summed E-state index contributed by atoms with van der Waals surface area (Å²) >= 11 is 9.40. The second-order valence-corrected chi connectivity index (χ2v) is 6.47. The van der Waals surface area contributed by atoms with Crippen LogP contribution in [0.25, 0.3) is 0 Å². The van der Waals surface area contributed by atoms with E-state index in [4.69, 9.17) is 11.6 Å². The maximum atomic E-state index is 12.6. The highest BCUT2D eigenvalue weighted by molar-refractivity contribution is 9.10. The number of carbonyl (C=O) groups is 1. The summed E-state index contributed by atoms with van der Waals surface area (Å²) in [6, 6.07) is 5.57. The van der Waals surface area contributed by atoms with Crippen molar-refractivity contribution in [1.29, 1.82) is 0 Å². The molecule has 1 fully saturated rings. The molecule has 1 saturated heterocycles. The molecule has 1 unspecified atom stereocenters. The predicted octanol–water partition coefficient (Wildman–Crippen LogP) is 3.27. The van der Waals surface area contributed by atoms with Crippen molar-refractivity contribution in [2.45, 2.75) is 19.4 Å². The van der Waals surface area contributed by atoms with E-state index in [1.807, 2.05) is 11.0 Å². The predicted molar refractivity (Wildman–Crippen MR) is 81.8 cm³/mol. The average Bonchev–Trinajstić information content (AvgIpc) is 2.48. The van der Waals surface area contributed by atoms with E-state index in [1.165, 1.54) is 0 Å². The Hall–Kier alpha value is -0.580. The largest absolute Gasteiger partial charge is 0.335 e. The smallest absolute Gasteiger partial charge is 0.254 e. The molecule has 5 heteroatoms. The van der Waals surface area contributed by atoms with Gasteiger partial charge in [-0.3, -0.25) is 4.79 Å². The molecule has 0 N–H and O–H groups in total. The Labute approximate surface area is 127 Å². The van der Waals surface area contributed by atoms with Crippen LogP contribution in [0, 0.1) is 0 Å². The molecule has 1 aliphatic rings. The Morgan fingerprint density at radius 3 is 2.79 bits per heavy atom. The van der Waals surface area contributed by atoms with E-state index in [2.05, 4.69) is 34.8 Å². The topological polar surface area (TPSA) is 23.6 Å². The van der Waals surface area contributed by atoms with Gasteiger partial charge in [0.05, 0.1) is 0 Å². The second-order valence-electron chi connectivity index (χ2n) is 5.12. The van der Waals surface area contributed by atoms with Crippen LogP contribution >= 0.6 is 27.5 Å². The zero-order valence-electron chi connectivity index (χ0n) is 11.2. The zero-order valence-corrected chi connectivity index (χ0v) is 13.5. The molecule has 0 saturated carbocycles. The summed E-state index contributed by atoms with van der Waals surface area (Å²) < 4.78 is 0.836. The van der Waals surface area contributed by atoms with Crippen molar-refractivity contribution in [3.63, 3.8) is 0 Å². The van der Waals surface area contributed by atoms with Gasteiger partial charge in [-0.25, -0.2) is 0 Å². The minimum Gasteiger partial charge on any atom is -0.335 e. The van der Waals surface area contributed by atoms with Gasteiger partial charge in [0.15, 0.2) is 0 Å². The van der Waals surface area contributed by atoms with E-state index in [9.17, 15) is 4.79 Å². The molecule has 0 aromatic heterocycles. The minimum absolute atomic E-state index is 0.0611. The first-order valence-corrected chi connectivity index (χ1v) is 7.60. The van der Waals surface area contributed by atoms with Gasteiger partial charge >= 0.3 is 0 Å². The van der Waals surface area contributed by atoms with Crippen LogP contribution in [-0.4, -0.2) is 48.4 Å². The summed E-state index contributed by atoms with van der Waals surface area (Å²) in [6.45, 7) is 4.84. The van der Waals surface area contributed by atoms with E-state index in [0.29, 0.717) is 10.6 Å². The molecular weight excluding hydrogens is 328 g/mol. The number of amides is 1. The molecule has 2 rings (SSSR count). The normalized spacial score (nSPS) is 21.3. The SMILES string of the molecule is CC1CN(C)CCCN1C(=O)c1cc(Cl)cc(Br)c1. The average molecular weight is 346 g/mol. The fourth-order valence-corrected chi connectivity index (χ4v) is 3.38. The van der Waals surface area contributed by atoms with Crippen molar-refractivity contribution in [1.82, 2.24) is 9.80 Å². The molecular formula is C14H18BrClN2O. The van der Waals surface area contributed by atoms with E-state index in [0.717, 1.165) is 30.5 Å². The van der Waals surface area contributed by atoms with Crippen LogP contribution in [0.5, 0.6) is 0 Å². The molecule has 1 aromatic carbocycles. The van der Waals surface area contributed by atoms with Crippen molar-refractivity contribution < 1.29 is 4.79 Å². The number of carbonyl (C=O) groups excluding carboxylic acids is 1. The van der Waals surface area contributed by atoms with Gasteiger partial charge in [-0.2, -0.15) is 0 Å². The molecule has 1 aliphatic heterocycles. The molecule has 0 bridgehead atoms. The van der Waals surface area contributed by atoms with Crippen LogP contribution in [0.1, 0.15) is 23.7 Å². The summed E-state index contributed by atoms with van der Waals surface area (Å²) in [4.78, 5) is 16.8. The lowest BCUT2D eigenvalue weighted by molar-refractivity contribution is 0.0696. The molecule has 104 valence electrons. The number of halogens is 2. The summed E-state index contributed by atoms with van der Waals surface area (Å²) in [5.74, 6) is 0.0611. The molecule has 3 nitrogen and oxygen atoms in total. The van der Waals surface area contributed by atoms with Gasteiger partial charge in [-0.15, -0.1) is 0 Å². The highest BCUT2D eigenvalue weighted by Gasteiger charge is 2.25. The maximum Gasteiger partial charge on any atom is 0.254 e. The quantitative estimate of drug-likeness (QED) is 0.780. The van der Waals surface area contributed by atoms with Crippen LogP contribution in [0.2, 0.25) is 5.02 Å². The van der Waals surface area contributed by atoms with Gasteiger partial charge in [0.25, 0.3) is 5.91 Å². The van der Waals surface area contributed by atoms with E-state index in [-0.39, 0.29) is 11.9 Å². The highest BCUT2D eigenvalue weighted by atomic mass is 79.9. The molecule has 1 atom stereocenters. The molecule has 0 radical (unpaired) electrons. The Kier molecular flexibility index (Phi) is 4.87. The van der Waals surface area contributed by atoms with Crippen molar-refractivity contribution in [2.24, 2.45) is 0 Å². The van der Waals surface area contributed by atoms with Crippen LogP contribution in [0.4, 0.5) is 0 Å². The Morgan fingerprint density at radius 2 is 2.11 bits per heavy atom. The Morgan fingerprint density at radius 1 is 1.37 bits per heavy atom. The molecule has 1 aromatic rings. The van der Waals surface area contributed by atoms with E-state index >= 15 is 0 Å². The molecule has 0 spiro atoms. The molecule has 1 amide bonds. The van der Waals surface area contributed by atoms with Crippen LogP contribution in [0.3, 0.4) is 0 Å².